The van der Waals surface area contributed by atoms with E-state index in [4.69, 9.17) is 15.0 Å². The quantitative estimate of drug-likeness (QED) is 0.186. The minimum Gasteiger partial charge on any atom is -0.277 e. The third-order valence-corrected chi connectivity index (χ3v) is 11.5. The van der Waals surface area contributed by atoms with Crippen molar-refractivity contribution in [3.63, 3.8) is 0 Å². The number of para-hydroxylation sites is 1. The number of thiophene rings is 1. The third-order valence-electron chi connectivity index (χ3n) is 10.2. The predicted molar refractivity (Wildman–Crippen MR) is 218 cm³/mol. The van der Waals surface area contributed by atoms with E-state index in [2.05, 4.69) is 156 Å². The SMILES string of the molecule is c1ccc(-c2nc(-c3ccc(-c4cccc5ccccc45)cc3)nc(-n3c4ccccc4c4c5ccccc5c5sc6ccccc6c5c43)n2)cc1. The molecule has 0 atom stereocenters. The Morgan fingerprint density at radius 2 is 1.00 bits per heavy atom. The van der Waals surface area contributed by atoms with Gasteiger partial charge in [0.1, 0.15) is 0 Å². The number of fused-ring (bicyclic) bond motifs is 11. The Hall–Kier alpha value is -6.69. The molecule has 5 heteroatoms. The van der Waals surface area contributed by atoms with Gasteiger partial charge in [-0.25, -0.2) is 4.98 Å². The molecule has 4 nitrogen and oxygen atoms in total. The average Bonchev–Trinajstić information content (AvgIpc) is 3.78. The molecule has 0 radical (unpaired) electrons. The molecule has 0 aliphatic heterocycles. The Morgan fingerprint density at radius 1 is 0.404 bits per heavy atom. The Balaban J connectivity index is 1.21. The van der Waals surface area contributed by atoms with E-state index in [-0.39, 0.29) is 0 Å². The number of benzene rings is 8. The Bertz CT molecular complexity index is 3170. The average molecular weight is 681 g/mol. The molecular weight excluding hydrogens is 653 g/mol. The van der Waals surface area contributed by atoms with Crippen LogP contribution in [0.15, 0.2) is 170 Å². The minimum atomic E-state index is 0.597. The van der Waals surface area contributed by atoms with E-state index >= 15 is 0 Å². The topological polar surface area (TPSA) is 43.6 Å². The smallest absolute Gasteiger partial charge is 0.238 e. The fourth-order valence-corrected chi connectivity index (χ4v) is 9.16. The first-order valence-corrected chi connectivity index (χ1v) is 18.3. The Labute approximate surface area is 302 Å². The van der Waals surface area contributed by atoms with Gasteiger partial charge in [-0.05, 0) is 39.4 Å². The van der Waals surface area contributed by atoms with Gasteiger partial charge >= 0.3 is 0 Å². The van der Waals surface area contributed by atoms with Crippen LogP contribution >= 0.6 is 11.3 Å². The molecule has 0 saturated carbocycles. The lowest BCUT2D eigenvalue weighted by atomic mass is 9.97. The lowest BCUT2D eigenvalue weighted by molar-refractivity contribution is 0.955. The highest BCUT2D eigenvalue weighted by atomic mass is 32.1. The van der Waals surface area contributed by atoms with Gasteiger partial charge in [0, 0.05) is 47.5 Å². The summed E-state index contributed by atoms with van der Waals surface area (Å²) in [7, 11) is 0. The van der Waals surface area contributed by atoms with Crippen LogP contribution in [0.1, 0.15) is 0 Å². The molecule has 0 fully saturated rings. The van der Waals surface area contributed by atoms with Crippen LogP contribution < -0.4 is 0 Å². The standard InChI is InChI=1S/C47H28N4S/c1-2-14-31(15-3-1)45-48-46(32-27-25-30(26-28-32)34-22-12-16-29-13-4-5-17-33(29)34)50-47(49-45)51-39-23-10-8-20-37(39)41-35-18-6-7-19-36(35)44-42(43(41)51)38-21-9-11-24-40(38)52-44/h1-28H. The molecule has 0 spiro atoms. The maximum absolute atomic E-state index is 5.32. The molecule has 0 aliphatic carbocycles. The molecule has 242 valence electrons. The zero-order valence-corrected chi connectivity index (χ0v) is 28.7. The van der Waals surface area contributed by atoms with Crippen LogP contribution in [0, 0.1) is 0 Å². The second-order valence-corrected chi connectivity index (χ2v) is 14.2. The zero-order valence-electron chi connectivity index (χ0n) is 27.9. The third kappa shape index (κ3) is 4.36. The second kappa shape index (κ2) is 11.4. The highest BCUT2D eigenvalue weighted by molar-refractivity contribution is 7.27. The van der Waals surface area contributed by atoms with E-state index in [1.165, 1.54) is 58.1 Å². The summed E-state index contributed by atoms with van der Waals surface area (Å²) in [6.45, 7) is 0. The fraction of sp³-hybridized carbons (Fsp3) is 0. The van der Waals surface area contributed by atoms with Crippen LogP contribution in [-0.2, 0) is 0 Å². The van der Waals surface area contributed by atoms with Gasteiger partial charge in [-0.15, -0.1) is 11.3 Å². The van der Waals surface area contributed by atoms with Crippen molar-refractivity contribution >= 4 is 74.9 Å². The molecule has 0 amide bonds. The monoisotopic (exact) mass is 680 g/mol. The van der Waals surface area contributed by atoms with Crippen molar-refractivity contribution in [1.29, 1.82) is 0 Å². The summed E-state index contributed by atoms with van der Waals surface area (Å²) in [5.74, 6) is 1.86. The summed E-state index contributed by atoms with van der Waals surface area (Å²) < 4.78 is 4.82. The van der Waals surface area contributed by atoms with E-state index < -0.39 is 0 Å². The van der Waals surface area contributed by atoms with Crippen molar-refractivity contribution in [2.75, 3.05) is 0 Å². The van der Waals surface area contributed by atoms with Crippen molar-refractivity contribution in [1.82, 2.24) is 19.5 Å². The molecule has 11 rings (SSSR count). The number of hydrogen-bond acceptors (Lipinski definition) is 4. The van der Waals surface area contributed by atoms with E-state index in [0.717, 1.165) is 27.7 Å². The van der Waals surface area contributed by atoms with Crippen molar-refractivity contribution < 1.29 is 0 Å². The summed E-state index contributed by atoms with van der Waals surface area (Å²) in [6, 6.07) is 60.0. The zero-order chi connectivity index (χ0) is 34.2. The van der Waals surface area contributed by atoms with Gasteiger partial charge in [-0.3, -0.25) is 4.57 Å². The summed E-state index contributed by atoms with van der Waals surface area (Å²) >= 11 is 1.85. The summed E-state index contributed by atoms with van der Waals surface area (Å²) in [4.78, 5) is 15.7. The number of rotatable bonds is 4. The van der Waals surface area contributed by atoms with Crippen molar-refractivity contribution in [3.8, 4) is 39.9 Å². The van der Waals surface area contributed by atoms with Crippen LogP contribution in [-0.4, -0.2) is 19.5 Å². The van der Waals surface area contributed by atoms with Crippen LogP contribution in [0.4, 0.5) is 0 Å². The minimum absolute atomic E-state index is 0.597. The van der Waals surface area contributed by atoms with E-state index in [9.17, 15) is 0 Å². The van der Waals surface area contributed by atoms with Crippen molar-refractivity contribution in [2.45, 2.75) is 0 Å². The van der Waals surface area contributed by atoms with Gasteiger partial charge in [-0.2, -0.15) is 9.97 Å². The first-order chi connectivity index (χ1) is 25.8. The Morgan fingerprint density at radius 3 is 1.81 bits per heavy atom. The van der Waals surface area contributed by atoms with Gasteiger partial charge in [0.05, 0.1) is 11.0 Å². The molecule has 0 unspecified atom stereocenters. The molecule has 0 aliphatic rings. The van der Waals surface area contributed by atoms with Crippen LogP contribution in [0.3, 0.4) is 0 Å². The van der Waals surface area contributed by atoms with Gasteiger partial charge in [-0.1, -0.05) is 158 Å². The molecule has 0 saturated heterocycles. The predicted octanol–water partition coefficient (Wildman–Crippen LogP) is 12.6. The number of hydrogen-bond donors (Lipinski definition) is 0. The summed E-state index contributed by atoms with van der Waals surface area (Å²) in [5.41, 5.74) is 6.41. The maximum atomic E-state index is 5.32. The molecule has 0 bridgehead atoms. The van der Waals surface area contributed by atoms with Crippen molar-refractivity contribution in [3.05, 3.63) is 170 Å². The normalized spacial score (nSPS) is 11.8. The first kappa shape index (κ1) is 29.1. The lowest BCUT2D eigenvalue weighted by Crippen LogP contribution is -2.06. The molecule has 52 heavy (non-hydrogen) atoms. The molecule has 11 aromatic rings. The molecule has 3 heterocycles. The largest absolute Gasteiger partial charge is 0.277 e. The van der Waals surface area contributed by atoms with E-state index in [1.807, 2.05) is 29.5 Å². The lowest BCUT2D eigenvalue weighted by Gasteiger charge is -2.12. The molecule has 8 aromatic carbocycles. The Kier molecular flexibility index (Phi) is 6.39. The van der Waals surface area contributed by atoms with Gasteiger partial charge in [0.25, 0.3) is 0 Å². The maximum Gasteiger partial charge on any atom is 0.238 e. The molecule has 3 aromatic heterocycles. The number of aromatic nitrogens is 4. The highest BCUT2D eigenvalue weighted by Crippen LogP contribution is 2.47. The first-order valence-electron chi connectivity index (χ1n) is 17.5. The van der Waals surface area contributed by atoms with Crippen LogP contribution in [0.25, 0.3) is 103 Å². The van der Waals surface area contributed by atoms with Gasteiger partial charge < -0.3 is 0 Å². The molecule has 0 N–H and O–H groups in total. The van der Waals surface area contributed by atoms with E-state index in [0.29, 0.717) is 17.6 Å². The second-order valence-electron chi connectivity index (χ2n) is 13.2. The summed E-state index contributed by atoms with van der Waals surface area (Å²) in [6.07, 6.45) is 0. The highest BCUT2D eigenvalue weighted by Gasteiger charge is 2.24. The van der Waals surface area contributed by atoms with Gasteiger partial charge in [0.2, 0.25) is 5.95 Å². The summed E-state index contributed by atoms with van der Waals surface area (Å²) in [5, 5.41) is 9.81. The van der Waals surface area contributed by atoms with Crippen LogP contribution in [0.2, 0.25) is 0 Å². The molecular formula is C47H28N4S. The fourth-order valence-electron chi connectivity index (χ4n) is 7.91. The van der Waals surface area contributed by atoms with Crippen molar-refractivity contribution in [2.24, 2.45) is 0 Å². The van der Waals surface area contributed by atoms with Gasteiger partial charge in [0.15, 0.2) is 11.6 Å². The van der Waals surface area contributed by atoms with E-state index in [1.54, 1.807) is 0 Å². The van der Waals surface area contributed by atoms with Crippen LogP contribution in [0.5, 0.6) is 0 Å². The number of nitrogens with zero attached hydrogens (tertiary/aromatic N) is 4.